The van der Waals surface area contributed by atoms with Gasteiger partial charge in [-0.3, -0.25) is 0 Å². The van der Waals surface area contributed by atoms with Crippen LogP contribution in [0.25, 0.3) is 45.8 Å². The molecule has 0 spiro atoms. The van der Waals surface area contributed by atoms with Gasteiger partial charge in [-0.05, 0) is 72.5 Å². The lowest BCUT2D eigenvalue weighted by Crippen LogP contribution is -2.12. The Balaban J connectivity index is 1.65. The Bertz CT molecular complexity index is 1920. The van der Waals surface area contributed by atoms with Crippen LogP contribution in [0, 0.1) is 13.8 Å². The molecule has 2 N–H and O–H groups in total. The highest BCUT2D eigenvalue weighted by Crippen LogP contribution is 2.42. The fraction of sp³-hybridized carbons (Fsp3) is 0.0769. The van der Waals surface area contributed by atoms with Crippen molar-refractivity contribution in [2.24, 2.45) is 5.73 Å². The van der Waals surface area contributed by atoms with Crippen LogP contribution in [0.15, 0.2) is 135 Å². The third-order valence-corrected chi connectivity index (χ3v) is 8.18. The summed E-state index contributed by atoms with van der Waals surface area (Å²) >= 11 is 0. The second kappa shape index (κ2) is 11.4. The molecule has 0 saturated carbocycles. The van der Waals surface area contributed by atoms with Gasteiger partial charge in [-0.25, -0.2) is 0 Å². The van der Waals surface area contributed by atoms with Gasteiger partial charge in [0.05, 0.1) is 22.9 Å². The minimum Gasteiger partial charge on any atom is -0.320 e. The molecule has 0 aliphatic rings. The number of hydrogen-bond donors (Lipinski definition) is 1. The Morgan fingerprint density at radius 3 is 1.90 bits per heavy atom. The Morgan fingerprint density at radius 2 is 1.24 bits per heavy atom. The molecule has 3 nitrogen and oxygen atoms in total. The molecule has 1 atom stereocenters. The first-order valence-corrected chi connectivity index (χ1v) is 14.3. The van der Waals surface area contributed by atoms with Gasteiger partial charge in [0.1, 0.15) is 0 Å². The van der Waals surface area contributed by atoms with Crippen molar-refractivity contribution in [3.63, 3.8) is 0 Å². The number of nitrogens with zero attached hydrogens (tertiary/aromatic N) is 2. The molecule has 3 heteroatoms. The lowest BCUT2D eigenvalue weighted by molar-refractivity contribution is 0.870. The highest BCUT2D eigenvalue weighted by Gasteiger charge is 2.26. The number of para-hydroxylation sites is 2. The van der Waals surface area contributed by atoms with Gasteiger partial charge in [0.2, 0.25) is 0 Å². The SMILES string of the molecule is C=C/C=C\c1c(C)c(C)c(-c2c(C=C)c3ccccc3n2-c2ccccc2)n1-c1ccc(C(N)c2ccccc2)cc1. The largest absolute Gasteiger partial charge is 0.320 e. The Labute approximate surface area is 248 Å². The van der Waals surface area contributed by atoms with Crippen LogP contribution in [-0.4, -0.2) is 9.13 Å². The molecule has 6 aromatic rings. The molecule has 2 aromatic heterocycles. The number of aromatic nitrogens is 2. The first kappa shape index (κ1) is 27.1. The minimum atomic E-state index is -0.194. The number of rotatable bonds is 8. The fourth-order valence-corrected chi connectivity index (χ4v) is 5.97. The number of allylic oxidation sites excluding steroid dienone is 2. The molecule has 1 unspecified atom stereocenters. The summed E-state index contributed by atoms with van der Waals surface area (Å²) in [6, 6.07) is 37.8. The predicted octanol–water partition coefficient (Wildman–Crippen LogP) is 9.60. The van der Waals surface area contributed by atoms with E-state index in [0.29, 0.717) is 0 Å². The maximum atomic E-state index is 6.67. The molecule has 2 heterocycles. The van der Waals surface area contributed by atoms with E-state index in [2.05, 4.69) is 133 Å². The van der Waals surface area contributed by atoms with Crippen LogP contribution in [0.2, 0.25) is 0 Å². The summed E-state index contributed by atoms with van der Waals surface area (Å²) in [5.41, 5.74) is 19.0. The van der Waals surface area contributed by atoms with Gasteiger partial charge in [0.25, 0.3) is 0 Å². The van der Waals surface area contributed by atoms with Crippen molar-refractivity contribution < 1.29 is 0 Å². The van der Waals surface area contributed by atoms with E-state index in [0.717, 1.165) is 50.7 Å². The van der Waals surface area contributed by atoms with Crippen LogP contribution in [0.4, 0.5) is 0 Å². The first-order valence-electron chi connectivity index (χ1n) is 14.3. The van der Waals surface area contributed by atoms with Gasteiger partial charge in [-0.1, -0.05) is 110 Å². The van der Waals surface area contributed by atoms with E-state index in [9.17, 15) is 0 Å². The summed E-state index contributed by atoms with van der Waals surface area (Å²) in [5.74, 6) is 0. The smallest absolute Gasteiger partial charge is 0.0785 e. The van der Waals surface area contributed by atoms with Crippen LogP contribution < -0.4 is 5.73 Å². The third-order valence-electron chi connectivity index (χ3n) is 8.18. The van der Waals surface area contributed by atoms with Crippen molar-refractivity contribution in [3.8, 4) is 22.8 Å². The zero-order valence-corrected chi connectivity index (χ0v) is 24.2. The molecule has 206 valence electrons. The molecule has 0 aliphatic heterocycles. The summed E-state index contributed by atoms with van der Waals surface area (Å²) in [7, 11) is 0. The second-order valence-corrected chi connectivity index (χ2v) is 10.5. The normalized spacial score (nSPS) is 12.2. The van der Waals surface area contributed by atoms with Gasteiger partial charge in [-0.15, -0.1) is 0 Å². The van der Waals surface area contributed by atoms with E-state index in [1.165, 1.54) is 16.5 Å². The highest BCUT2D eigenvalue weighted by atomic mass is 15.1. The Hall–Kier alpha value is -5.12. The molecular formula is C39H35N3. The quantitative estimate of drug-likeness (QED) is 0.190. The van der Waals surface area contributed by atoms with Crippen molar-refractivity contribution in [2.75, 3.05) is 0 Å². The molecule has 0 bridgehead atoms. The third kappa shape index (κ3) is 4.54. The zero-order chi connectivity index (χ0) is 29.2. The van der Waals surface area contributed by atoms with Crippen molar-refractivity contribution in [1.82, 2.24) is 9.13 Å². The van der Waals surface area contributed by atoms with Gasteiger partial charge in [-0.2, -0.15) is 0 Å². The van der Waals surface area contributed by atoms with Crippen molar-refractivity contribution >= 4 is 23.1 Å². The molecule has 4 aromatic carbocycles. The highest BCUT2D eigenvalue weighted by molar-refractivity contribution is 5.99. The van der Waals surface area contributed by atoms with Gasteiger partial charge in [0.15, 0.2) is 0 Å². The van der Waals surface area contributed by atoms with Crippen LogP contribution in [0.3, 0.4) is 0 Å². The molecule has 6 rings (SSSR count). The van der Waals surface area contributed by atoms with E-state index in [4.69, 9.17) is 5.73 Å². The average molecular weight is 546 g/mol. The van der Waals surface area contributed by atoms with Gasteiger partial charge < -0.3 is 14.9 Å². The monoisotopic (exact) mass is 545 g/mol. The molecule has 42 heavy (non-hydrogen) atoms. The summed E-state index contributed by atoms with van der Waals surface area (Å²) in [5, 5.41) is 1.17. The lowest BCUT2D eigenvalue weighted by Gasteiger charge is -2.18. The number of benzene rings is 4. The molecule has 0 aliphatic carbocycles. The van der Waals surface area contributed by atoms with Crippen LogP contribution in [0.5, 0.6) is 0 Å². The number of nitrogens with two attached hydrogens (primary N) is 1. The summed E-state index contributed by atoms with van der Waals surface area (Å²) in [6.07, 6.45) is 7.96. The first-order chi connectivity index (χ1) is 20.5. The lowest BCUT2D eigenvalue weighted by atomic mass is 9.99. The topological polar surface area (TPSA) is 35.9 Å². The van der Waals surface area contributed by atoms with Gasteiger partial charge >= 0.3 is 0 Å². The summed E-state index contributed by atoms with van der Waals surface area (Å²) < 4.78 is 4.73. The molecular weight excluding hydrogens is 510 g/mol. The van der Waals surface area contributed by atoms with Crippen molar-refractivity contribution in [3.05, 3.63) is 168 Å². The van der Waals surface area contributed by atoms with Crippen molar-refractivity contribution in [2.45, 2.75) is 19.9 Å². The average Bonchev–Trinajstić information content (AvgIpc) is 3.50. The minimum absolute atomic E-state index is 0.194. The maximum Gasteiger partial charge on any atom is 0.0785 e. The van der Waals surface area contributed by atoms with E-state index in [1.807, 2.05) is 36.4 Å². The van der Waals surface area contributed by atoms with Crippen LogP contribution >= 0.6 is 0 Å². The number of fused-ring (bicyclic) bond motifs is 1. The Kier molecular flexibility index (Phi) is 7.35. The van der Waals surface area contributed by atoms with E-state index in [1.54, 1.807) is 0 Å². The molecule has 0 radical (unpaired) electrons. The van der Waals surface area contributed by atoms with Crippen LogP contribution in [-0.2, 0) is 0 Å². The maximum absolute atomic E-state index is 6.67. The molecule has 0 amide bonds. The zero-order valence-electron chi connectivity index (χ0n) is 24.2. The van der Waals surface area contributed by atoms with Crippen molar-refractivity contribution in [1.29, 1.82) is 0 Å². The molecule has 0 saturated heterocycles. The molecule has 0 fully saturated rings. The van der Waals surface area contributed by atoms with E-state index >= 15 is 0 Å². The summed E-state index contributed by atoms with van der Waals surface area (Å²) in [6.45, 7) is 12.6. The summed E-state index contributed by atoms with van der Waals surface area (Å²) in [4.78, 5) is 0. The van der Waals surface area contributed by atoms with E-state index in [-0.39, 0.29) is 6.04 Å². The number of hydrogen-bond acceptors (Lipinski definition) is 1. The second-order valence-electron chi connectivity index (χ2n) is 10.5. The predicted molar refractivity (Wildman–Crippen MR) is 179 cm³/mol. The fourth-order valence-electron chi connectivity index (χ4n) is 5.97. The van der Waals surface area contributed by atoms with E-state index < -0.39 is 0 Å². The Morgan fingerprint density at radius 1 is 0.643 bits per heavy atom. The van der Waals surface area contributed by atoms with Gasteiger partial charge in [0, 0.05) is 28.0 Å². The standard InChI is InChI=1S/C39H35N3/c1-5-7-21-35-27(3)28(4)38(41(35)32-25-23-30(24-26-32)37(40)29-16-10-8-11-17-29)39-33(6-2)34-20-14-15-22-36(34)42(39)31-18-12-9-13-19-31/h5-26,37H,1-2,40H2,3-4H3/b21-7-. The van der Waals surface area contributed by atoms with Crippen LogP contribution in [0.1, 0.15) is 39.6 Å².